The largest absolute Gasteiger partial charge is 1.00 e. The van der Waals surface area contributed by atoms with Gasteiger partial charge in [0, 0.05) is 28.2 Å². The van der Waals surface area contributed by atoms with Crippen LogP contribution < -0.4 is 47.5 Å². The first-order chi connectivity index (χ1) is 7.61. The predicted molar refractivity (Wildman–Crippen MR) is 70.3 cm³/mol. The van der Waals surface area contributed by atoms with Gasteiger partial charge < -0.3 is 9.80 Å². The van der Waals surface area contributed by atoms with Crippen molar-refractivity contribution >= 4 is 22.1 Å². The first-order valence-corrected chi connectivity index (χ1v) is 5.31. The minimum Gasteiger partial charge on any atom is -0.410 e. The van der Waals surface area contributed by atoms with Crippen molar-refractivity contribution < 1.29 is 37.7 Å². The Bertz CT molecular complexity index is 467. The van der Waals surface area contributed by atoms with Gasteiger partial charge >= 0.3 is 37.7 Å². The molecule has 0 radical (unpaired) electrons. The zero-order valence-corrected chi connectivity index (χ0v) is 12.2. The van der Waals surface area contributed by atoms with Crippen molar-refractivity contribution in [3.05, 3.63) is 36.4 Å². The molecule has 0 bridgehead atoms. The Morgan fingerprint density at radius 1 is 0.778 bits per heavy atom. The third-order valence-corrected chi connectivity index (χ3v) is 2.66. The van der Waals surface area contributed by atoms with Crippen molar-refractivity contribution in [2.75, 3.05) is 38.0 Å². The molecule has 0 aliphatic heterocycles. The Kier molecular flexibility index (Phi) is 6.97. The van der Waals surface area contributed by atoms with Crippen LogP contribution in [-0.4, -0.2) is 28.2 Å². The standard InChI is InChI=1S/C14H16N2.2Li/c1-15(2)12-9-5-7-11-8-6-10-13(14(11)12)16(3)4;;/h5-6,9-10H,1-4H3;;/q-2;2*+1. The van der Waals surface area contributed by atoms with Crippen molar-refractivity contribution in [3.8, 4) is 0 Å². The molecule has 0 aromatic heterocycles. The van der Waals surface area contributed by atoms with E-state index in [0.717, 1.165) is 5.39 Å². The van der Waals surface area contributed by atoms with Gasteiger partial charge in [-0.2, -0.15) is 11.5 Å². The van der Waals surface area contributed by atoms with Gasteiger partial charge in [0.15, 0.2) is 0 Å². The molecule has 2 aromatic carbocycles. The minimum absolute atomic E-state index is 0. The number of fused-ring (bicyclic) bond motifs is 1. The van der Waals surface area contributed by atoms with E-state index < -0.39 is 0 Å². The van der Waals surface area contributed by atoms with Crippen molar-refractivity contribution in [1.82, 2.24) is 0 Å². The van der Waals surface area contributed by atoms with E-state index in [-0.39, 0.29) is 37.7 Å². The Morgan fingerprint density at radius 3 is 1.50 bits per heavy atom. The van der Waals surface area contributed by atoms with E-state index in [1.54, 1.807) is 0 Å². The average molecular weight is 226 g/mol. The van der Waals surface area contributed by atoms with Crippen LogP contribution in [0.2, 0.25) is 0 Å². The monoisotopic (exact) mass is 226 g/mol. The number of benzene rings is 2. The van der Waals surface area contributed by atoms with Crippen LogP contribution in [0.4, 0.5) is 11.4 Å². The molecule has 0 atom stereocenters. The fourth-order valence-electron chi connectivity index (χ4n) is 1.89. The van der Waals surface area contributed by atoms with Crippen molar-refractivity contribution in [1.29, 1.82) is 0 Å². The van der Waals surface area contributed by atoms with E-state index in [9.17, 15) is 0 Å². The van der Waals surface area contributed by atoms with E-state index in [4.69, 9.17) is 0 Å². The van der Waals surface area contributed by atoms with Gasteiger partial charge in [0.1, 0.15) is 0 Å². The first kappa shape index (κ1) is 17.5. The van der Waals surface area contributed by atoms with Crippen LogP contribution in [0.3, 0.4) is 0 Å². The fraction of sp³-hybridized carbons (Fsp3) is 0.286. The van der Waals surface area contributed by atoms with Gasteiger partial charge in [-0.15, -0.1) is 5.69 Å². The molecule has 18 heavy (non-hydrogen) atoms. The summed E-state index contributed by atoms with van der Waals surface area (Å²) in [5.74, 6) is 0. The second-order valence-corrected chi connectivity index (χ2v) is 4.26. The van der Waals surface area contributed by atoms with E-state index in [1.807, 2.05) is 12.1 Å². The van der Waals surface area contributed by atoms with Gasteiger partial charge in [0.25, 0.3) is 0 Å². The summed E-state index contributed by atoms with van der Waals surface area (Å²) in [4.78, 5) is 4.24. The molecule has 4 heteroatoms. The maximum atomic E-state index is 3.23. The summed E-state index contributed by atoms with van der Waals surface area (Å²) in [6.07, 6.45) is 0. The van der Waals surface area contributed by atoms with E-state index in [2.05, 4.69) is 62.3 Å². The summed E-state index contributed by atoms with van der Waals surface area (Å²) in [5.41, 5.74) is 2.41. The van der Waals surface area contributed by atoms with Gasteiger partial charge in [-0.25, -0.2) is 12.1 Å². The quantitative estimate of drug-likeness (QED) is 0.389. The van der Waals surface area contributed by atoms with Crippen molar-refractivity contribution in [3.63, 3.8) is 0 Å². The molecule has 0 amide bonds. The smallest absolute Gasteiger partial charge is 0.410 e. The minimum atomic E-state index is 0. The summed E-state index contributed by atoms with van der Waals surface area (Å²) in [6.45, 7) is 0. The second kappa shape index (κ2) is 7.17. The molecule has 0 saturated carbocycles. The summed E-state index contributed by atoms with van der Waals surface area (Å²) in [6, 6.07) is 14.5. The molecular weight excluding hydrogens is 210 g/mol. The Morgan fingerprint density at radius 2 is 1.17 bits per heavy atom. The molecule has 0 heterocycles. The molecule has 0 aliphatic carbocycles. The molecule has 0 N–H and O–H groups in total. The number of hydrogen-bond donors (Lipinski definition) is 0. The zero-order valence-electron chi connectivity index (χ0n) is 12.2. The topological polar surface area (TPSA) is 6.48 Å². The third-order valence-electron chi connectivity index (χ3n) is 2.66. The van der Waals surface area contributed by atoms with Crippen LogP contribution in [0.15, 0.2) is 24.3 Å². The molecule has 2 nitrogen and oxygen atoms in total. The number of hydrogen-bond acceptors (Lipinski definition) is 2. The summed E-state index contributed by atoms with van der Waals surface area (Å²) >= 11 is 0. The molecule has 0 saturated heterocycles. The first-order valence-electron chi connectivity index (χ1n) is 5.31. The molecule has 84 valence electrons. The van der Waals surface area contributed by atoms with Crippen molar-refractivity contribution in [2.24, 2.45) is 0 Å². The average Bonchev–Trinajstić information content (AvgIpc) is 2.27. The van der Waals surface area contributed by atoms with E-state index in [0.29, 0.717) is 0 Å². The van der Waals surface area contributed by atoms with E-state index >= 15 is 0 Å². The maximum Gasteiger partial charge on any atom is 1.00 e. The Labute approximate surface area is 134 Å². The van der Waals surface area contributed by atoms with Gasteiger partial charge in [-0.3, -0.25) is 17.5 Å². The Hall–Kier alpha value is -0.505. The normalized spacial score (nSPS) is 9.33. The molecule has 0 fully saturated rings. The van der Waals surface area contributed by atoms with Gasteiger partial charge in [-0.1, -0.05) is 6.07 Å². The van der Waals surface area contributed by atoms with Gasteiger partial charge in [-0.05, 0) is 5.69 Å². The van der Waals surface area contributed by atoms with Crippen LogP contribution in [0.5, 0.6) is 0 Å². The van der Waals surface area contributed by atoms with Crippen molar-refractivity contribution in [2.45, 2.75) is 0 Å². The van der Waals surface area contributed by atoms with Crippen LogP contribution in [0, 0.1) is 12.1 Å². The van der Waals surface area contributed by atoms with Crippen LogP contribution in [0.1, 0.15) is 0 Å². The molecule has 0 aliphatic rings. The number of nitrogens with zero attached hydrogens (tertiary/aromatic N) is 2. The van der Waals surface area contributed by atoms with Crippen LogP contribution in [-0.2, 0) is 0 Å². The maximum absolute atomic E-state index is 3.23. The summed E-state index contributed by atoms with van der Waals surface area (Å²) in [5, 5.41) is 2.25. The molecule has 0 unspecified atom stereocenters. The molecule has 2 rings (SSSR count). The van der Waals surface area contributed by atoms with Crippen LogP contribution in [0.25, 0.3) is 10.8 Å². The third kappa shape index (κ3) is 3.28. The fourth-order valence-corrected chi connectivity index (χ4v) is 1.89. The number of anilines is 2. The Balaban J connectivity index is 0.00000144. The SMILES string of the molecule is CN(C)c1cc[c-]c2[c-]ccc(N(C)C)c12.[Li+].[Li+]. The number of rotatable bonds is 2. The van der Waals surface area contributed by atoms with Gasteiger partial charge in [0.05, 0.1) is 0 Å². The summed E-state index contributed by atoms with van der Waals surface area (Å²) in [7, 11) is 8.23. The zero-order chi connectivity index (χ0) is 11.7. The van der Waals surface area contributed by atoms with Crippen LogP contribution >= 0.6 is 0 Å². The second-order valence-electron chi connectivity index (χ2n) is 4.26. The molecule has 2 aromatic rings. The predicted octanol–water partition coefficient (Wildman–Crippen LogP) is -3.42. The molecular formula is C14H16Li2N2. The van der Waals surface area contributed by atoms with Gasteiger partial charge in [0.2, 0.25) is 0 Å². The summed E-state index contributed by atoms with van der Waals surface area (Å²) < 4.78 is 0. The molecule has 0 spiro atoms. The van der Waals surface area contributed by atoms with E-state index in [1.165, 1.54) is 16.8 Å².